The maximum atomic E-state index is 13.0. The Labute approximate surface area is 203 Å². The van der Waals surface area contributed by atoms with Crippen LogP contribution < -0.4 is 29.6 Å². The zero-order valence-electron chi connectivity index (χ0n) is 20.0. The van der Waals surface area contributed by atoms with E-state index < -0.39 is 11.8 Å². The van der Waals surface area contributed by atoms with E-state index in [-0.39, 0.29) is 23.9 Å². The van der Waals surface area contributed by atoms with Gasteiger partial charge in [-0.1, -0.05) is 0 Å². The number of hydrogen-bond donors (Lipinski definition) is 2. The molecule has 3 aromatic rings. The molecule has 0 spiro atoms. The predicted octanol–water partition coefficient (Wildman–Crippen LogP) is 3.66. The SMILES string of the molecule is COc1ccc(OC[C@@H](C)NC(=O)/C(=C/c2ccco2)NC(=O)c2ccc(OC)c(OC)c2)cc1. The molecule has 0 saturated heterocycles. The Kier molecular flexibility index (Phi) is 8.77. The minimum absolute atomic E-state index is 0.0102. The maximum Gasteiger partial charge on any atom is 0.268 e. The molecule has 35 heavy (non-hydrogen) atoms. The molecular formula is C26H28N2O7. The quantitative estimate of drug-likeness (QED) is 0.403. The molecule has 0 unspecified atom stereocenters. The third-order valence-corrected chi connectivity index (χ3v) is 4.91. The average molecular weight is 481 g/mol. The van der Waals surface area contributed by atoms with Crippen molar-refractivity contribution in [1.29, 1.82) is 0 Å². The molecule has 9 nitrogen and oxygen atoms in total. The molecule has 2 aromatic carbocycles. The van der Waals surface area contributed by atoms with E-state index in [1.807, 2.05) is 0 Å². The first-order valence-corrected chi connectivity index (χ1v) is 10.8. The fourth-order valence-corrected chi connectivity index (χ4v) is 3.08. The van der Waals surface area contributed by atoms with Crippen LogP contribution in [0.2, 0.25) is 0 Å². The van der Waals surface area contributed by atoms with Crippen LogP contribution >= 0.6 is 0 Å². The Morgan fingerprint density at radius 3 is 2.29 bits per heavy atom. The number of rotatable bonds is 11. The van der Waals surface area contributed by atoms with Crippen molar-refractivity contribution in [2.24, 2.45) is 0 Å². The van der Waals surface area contributed by atoms with E-state index in [1.54, 1.807) is 62.6 Å². The van der Waals surface area contributed by atoms with Crippen LogP contribution in [-0.2, 0) is 4.79 Å². The van der Waals surface area contributed by atoms with Crippen LogP contribution in [-0.4, -0.2) is 45.8 Å². The van der Waals surface area contributed by atoms with Gasteiger partial charge in [0.1, 0.15) is 29.6 Å². The highest BCUT2D eigenvalue weighted by Crippen LogP contribution is 2.27. The number of nitrogens with one attached hydrogen (secondary N) is 2. The lowest BCUT2D eigenvalue weighted by Gasteiger charge is -2.17. The van der Waals surface area contributed by atoms with Gasteiger partial charge in [0.25, 0.3) is 11.8 Å². The minimum Gasteiger partial charge on any atom is -0.497 e. The fourth-order valence-electron chi connectivity index (χ4n) is 3.08. The molecule has 1 heterocycles. The largest absolute Gasteiger partial charge is 0.497 e. The van der Waals surface area contributed by atoms with Crippen molar-refractivity contribution in [1.82, 2.24) is 10.6 Å². The lowest BCUT2D eigenvalue weighted by molar-refractivity contribution is -0.118. The maximum absolute atomic E-state index is 13.0. The fraction of sp³-hybridized carbons (Fsp3) is 0.231. The highest BCUT2D eigenvalue weighted by molar-refractivity contribution is 6.05. The minimum atomic E-state index is -0.499. The van der Waals surface area contributed by atoms with Crippen LogP contribution in [0.1, 0.15) is 23.0 Å². The van der Waals surface area contributed by atoms with Crippen molar-refractivity contribution in [3.63, 3.8) is 0 Å². The second-order valence-corrected chi connectivity index (χ2v) is 7.46. The van der Waals surface area contributed by atoms with Gasteiger partial charge in [0.15, 0.2) is 11.5 Å². The Balaban J connectivity index is 1.69. The van der Waals surface area contributed by atoms with Crippen LogP contribution in [0.3, 0.4) is 0 Å². The summed E-state index contributed by atoms with van der Waals surface area (Å²) in [5.74, 6) is 1.65. The van der Waals surface area contributed by atoms with Crippen LogP contribution in [0, 0.1) is 0 Å². The Morgan fingerprint density at radius 1 is 0.943 bits per heavy atom. The summed E-state index contributed by atoms with van der Waals surface area (Å²) in [5.41, 5.74) is 0.299. The molecule has 1 aromatic heterocycles. The highest BCUT2D eigenvalue weighted by Gasteiger charge is 2.19. The first kappa shape index (κ1) is 25.2. The van der Waals surface area contributed by atoms with Crippen molar-refractivity contribution < 1.29 is 33.0 Å². The molecule has 0 aliphatic heterocycles. The van der Waals surface area contributed by atoms with Crippen molar-refractivity contribution in [3.8, 4) is 23.0 Å². The van der Waals surface area contributed by atoms with Crippen molar-refractivity contribution in [3.05, 3.63) is 77.9 Å². The number of furan rings is 1. The number of ether oxygens (including phenoxy) is 4. The van der Waals surface area contributed by atoms with Gasteiger partial charge in [0, 0.05) is 11.6 Å². The number of carbonyl (C=O) groups excluding carboxylic acids is 2. The summed E-state index contributed by atoms with van der Waals surface area (Å²) in [5, 5.41) is 5.48. The average Bonchev–Trinajstić information content (AvgIpc) is 3.40. The summed E-state index contributed by atoms with van der Waals surface area (Å²) in [6.07, 6.45) is 2.92. The molecule has 0 aliphatic rings. The predicted molar refractivity (Wildman–Crippen MR) is 130 cm³/mol. The zero-order chi connectivity index (χ0) is 25.2. The number of hydrogen-bond acceptors (Lipinski definition) is 7. The molecule has 0 fully saturated rings. The van der Waals surface area contributed by atoms with Gasteiger partial charge in [-0.25, -0.2) is 0 Å². The van der Waals surface area contributed by atoms with E-state index in [0.29, 0.717) is 23.0 Å². The topological polar surface area (TPSA) is 108 Å². The van der Waals surface area contributed by atoms with Gasteiger partial charge in [0.05, 0.1) is 33.6 Å². The molecule has 184 valence electrons. The molecule has 2 N–H and O–H groups in total. The van der Waals surface area contributed by atoms with E-state index in [1.165, 1.54) is 32.6 Å². The summed E-state index contributed by atoms with van der Waals surface area (Å²) in [6.45, 7) is 2.01. The molecule has 0 radical (unpaired) electrons. The second-order valence-electron chi connectivity index (χ2n) is 7.46. The second kappa shape index (κ2) is 12.2. The summed E-state index contributed by atoms with van der Waals surface area (Å²) in [4.78, 5) is 25.9. The lowest BCUT2D eigenvalue weighted by Crippen LogP contribution is -2.41. The summed E-state index contributed by atoms with van der Waals surface area (Å²) in [7, 11) is 4.57. The lowest BCUT2D eigenvalue weighted by atomic mass is 10.1. The normalized spacial score (nSPS) is 11.8. The van der Waals surface area contributed by atoms with Crippen LogP contribution in [0.4, 0.5) is 0 Å². The number of amides is 2. The summed E-state index contributed by atoms with van der Waals surface area (Å²) >= 11 is 0. The molecule has 9 heteroatoms. The van der Waals surface area contributed by atoms with E-state index in [9.17, 15) is 9.59 Å². The first-order chi connectivity index (χ1) is 16.9. The monoisotopic (exact) mass is 480 g/mol. The highest BCUT2D eigenvalue weighted by atomic mass is 16.5. The standard InChI is InChI=1S/C26H28N2O7/c1-17(16-35-20-10-8-19(31-2)9-11-20)27-26(30)22(15-21-6-5-13-34-21)28-25(29)18-7-12-23(32-3)24(14-18)33-4/h5-15,17H,16H2,1-4H3,(H,27,30)(H,28,29)/b22-15-/t17-/m1/s1. The first-order valence-electron chi connectivity index (χ1n) is 10.8. The zero-order valence-corrected chi connectivity index (χ0v) is 20.0. The van der Waals surface area contributed by atoms with Crippen LogP contribution in [0.15, 0.2) is 71.0 Å². The molecule has 0 aliphatic carbocycles. The van der Waals surface area contributed by atoms with E-state index >= 15 is 0 Å². The molecule has 2 amide bonds. The van der Waals surface area contributed by atoms with Gasteiger partial charge in [-0.3, -0.25) is 9.59 Å². The van der Waals surface area contributed by atoms with E-state index in [4.69, 9.17) is 23.4 Å². The third kappa shape index (κ3) is 7.04. The molecule has 1 atom stereocenters. The smallest absolute Gasteiger partial charge is 0.268 e. The Bertz CT molecular complexity index is 1150. The van der Waals surface area contributed by atoms with E-state index in [0.717, 1.165) is 5.75 Å². The van der Waals surface area contributed by atoms with Gasteiger partial charge in [-0.2, -0.15) is 0 Å². The van der Waals surface area contributed by atoms with Gasteiger partial charge >= 0.3 is 0 Å². The van der Waals surface area contributed by atoms with Gasteiger partial charge in [0.2, 0.25) is 0 Å². The van der Waals surface area contributed by atoms with Gasteiger partial charge < -0.3 is 34.0 Å². The number of carbonyl (C=O) groups is 2. The summed E-state index contributed by atoms with van der Waals surface area (Å²) < 4.78 is 26.6. The van der Waals surface area contributed by atoms with Crippen molar-refractivity contribution in [2.75, 3.05) is 27.9 Å². The Hall–Kier alpha value is -4.40. The van der Waals surface area contributed by atoms with Crippen molar-refractivity contribution in [2.45, 2.75) is 13.0 Å². The molecule has 3 rings (SSSR count). The molecule has 0 bridgehead atoms. The van der Waals surface area contributed by atoms with Crippen LogP contribution in [0.25, 0.3) is 6.08 Å². The third-order valence-electron chi connectivity index (χ3n) is 4.91. The molecular weight excluding hydrogens is 452 g/mol. The summed E-state index contributed by atoms with van der Waals surface area (Å²) in [6, 6.07) is 14.8. The van der Waals surface area contributed by atoms with Gasteiger partial charge in [-0.15, -0.1) is 0 Å². The molecule has 0 saturated carbocycles. The number of benzene rings is 2. The van der Waals surface area contributed by atoms with Crippen molar-refractivity contribution >= 4 is 17.9 Å². The van der Waals surface area contributed by atoms with E-state index in [2.05, 4.69) is 10.6 Å². The van der Waals surface area contributed by atoms with Gasteiger partial charge in [-0.05, 0) is 61.5 Å². The Morgan fingerprint density at radius 2 is 1.66 bits per heavy atom. The number of methoxy groups -OCH3 is 3. The van der Waals surface area contributed by atoms with Crippen LogP contribution in [0.5, 0.6) is 23.0 Å².